The number of ether oxygens (including phenoxy) is 1. The topological polar surface area (TPSA) is 87.7 Å². The number of rotatable bonds is 9. The van der Waals surface area contributed by atoms with Gasteiger partial charge in [-0.3, -0.25) is 9.59 Å². The molecule has 0 spiro atoms. The SMILES string of the molecule is CCC(CC)O[C@@H]1C2C([C@@H]2C(=O)O)[C@@H](NCc2ccccc2)[C@H]1NC(C)=O. The maximum absolute atomic E-state index is 11.8. The highest BCUT2D eigenvalue weighted by Gasteiger charge is 2.70. The van der Waals surface area contributed by atoms with Crippen LogP contribution in [0.2, 0.25) is 0 Å². The van der Waals surface area contributed by atoms with Gasteiger partial charge >= 0.3 is 5.97 Å². The molecule has 0 aromatic heterocycles. The average Bonchev–Trinajstić information content (AvgIpc) is 3.31. The van der Waals surface area contributed by atoms with Crippen molar-refractivity contribution in [2.75, 3.05) is 0 Å². The summed E-state index contributed by atoms with van der Waals surface area (Å²) in [5.41, 5.74) is 1.13. The van der Waals surface area contributed by atoms with Crippen molar-refractivity contribution in [3.8, 4) is 0 Å². The lowest BCUT2D eigenvalue weighted by Gasteiger charge is -2.33. The summed E-state index contributed by atoms with van der Waals surface area (Å²) >= 11 is 0. The normalized spacial score (nSPS) is 31.6. The number of benzene rings is 1. The molecular formula is C21H30N2O4. The summed E-state index contributed by atoms with van der Waals surface area (Å²) in [7, 11) is 0. The lowest BCUT2D eigenvalue weighted by molar-refractivity contribution is -0.141. The Bertz CT molecular complexity index is 661. The molecule has 3 rings (SSSR count). The lowest BCUT2D eigenvalue weighted by atomic mass is 9.98. The van der Waals surface area contributed by atoms with Crippen LogP contribution in [0.4, 0.5) is 0 Å². The van der Waals surface area contributed by atoms with Gasteiger partial charge in [0.05, 0.1) is 24.2 Å². The number of fused-ring (bicyclic) bond motifs is 1. The van der Waals surface area contributed by atoms with Crippen LogP contribution in [0.15, 0.2) is 30.3 Å². The third-order valence-corrected chi connectivity index (χ3v) is 5.97. The molecule has 27 heavy (non-hydrogen) atoms. The van der Waals surface area contributed by atoms with Gasteiger partial charge in [-0.25, -0.2) is 0 Å². The molecule has 2 fully saturated rings. The molecular weight excluding hydrogens is 344 g/mol. The molecule has 1 amide bonds. The van der Waals surface area contributed by atoms with Gasteiger partial charge in [-0.2, -0.15) is 0 Å². The summed E-state index contributed by atoms with van der Waals surface area (Å²) in [6, 6.07) is 9.68. The zero-order valence-corrected chi connectivity index (χ0v) is 16.2. The fourth-order valence-corrected chi connectivity index (χ4v) is 4.64. The van der Waals surface area contributed by atoms with E-state index < -0.39 is 11.9 Å². The molecule has 6 heteroatoms. The molecule has 1 aromatic rings. The van der Waals surface area contributed by atoms with Crippen molar-refractivity contribution < 1.29 is 19.4 Å². The molecule has 2 aliphatic carbocycles. The van der Waals surface area contributed by atoms with Crippen molar-refractivity contribution in [2.24, 2.45) is 17.8 Å². The minimum Gasteiger partial charge on any atom is -0.481 e. The largest absolute Gasteiger partial charge is 0.481 e. The number of carbonyl (C=O) groups is 2. The van der Waals surface area contributed by atoms with E-state index in [1.165, 1.54) is 6.92 Å². The Morgan fingerprint density at radius 1 is 1.11 bits per heavy atom. The first-order chi connectivity index (χ1) is 13.0. The second kappa shape index (κ2) is 8.40. The van der Waals surface area contributed by atoms with E-state index >= 15 is 0 Å². The van der Waals surface area contributed by atoms with Crippen LogP contribution in [-0.2, 0) is 20.9 Å². The molecule has 148 valence electrons. The molecule has 0 bridgehead atoms. The van der Waals surface area contributed by atoms with Gasteiger partial charge in [-0.05, 0) is 24.3 Å². The minimum atomic E-state index is -0.768. The van der Waals surface area contributed by atoms with Gasteiger partial charge in [0, 0.05) is 25.4 Å². The minimum absolute atomic E-state index is 0.0116. The zero-order valence-electron chi connectivity index (χ0n) is 16.2. The van der Waals surface area contributed by atoms with E-state index in [0.29, 0.717) is 6.54 Å². The maximum atomic E-state index is 11.8. The van der Waals surface area contributed by atoms with Crippen LogP contribution in [0.1, 0.15) is 39.2 Å². The summed E-state index contributed by atoms with van der Waals surface area (Å²) in [6.07, 6.45) is 1.56. The Hall–Kier alpha value is -1.92. The molecule has 6 nitrogen and oxygen atoms in total. The molecule has 0 heterocycles. The predicted octanol–water partition coefficient (Wildman–Crippen LogP) is 2.18. The Morgan fingerprint density at radius 2 is 1.78 bits per heavy atom. The lowest BCUT2D eigenvalue weighted by Crippen LogP contribution is -2.55. The fraction of sp³-hybridized carbons (Fsp3) is 0.619. The van der Waals surface area contributed by atoms with Crippen molar-refractivity contribution in [2.45, 2.75) is 64.4 Å². The summed E-state index contributed by atoms with van der Waals surface area (Å²) in [6.45, 7) is 6.28. The molecule has 2 aliphatic rings. The first-order valence-electron chi connectivity index (χ1n) is 9.90. The third-order valence-electron chi connectivity index (χ3n) is 5.97. The molecule has 6 atom stereocenters. The monoisotopic (exact) mass is 374 g/mol. The molecule has 2 unspecified atom stereocenters. The smallest absolute Gasteiger partial charge is 0.307 e. The highest BCUT2D eigenvalue weighted by atomic mass is 16.5. The number of carboxylic acid groups (broad SMARTS) is 1. The number of nitrogens with one attached hydrogen (secondary N) is 2. The van der Waals surface area contributed by atoms with Gasteiger partial charge in [0.2, 0.25) is 5.91 Å². The van der Waals surface area contributed by atoms with Gasteiger partial charge in [0.1, 0.15) is 0 Å². The number of amides is 1. The third kappa shape index (κ3) is 4.17. The highest BCUT2D eigenvalue weighted by molar-refractivity contribution is 5.77. The Balaban J connectivity index is 1.79. The van der Waals surface area contributed by atoms with E-state index in [9.17, 15) is 14.7 Å². The van der Waals surface area contributed by atoms with Crippen LogP contribution in [-0.4, -0.2) is 41.3 Å². The molecule has 0 radical (unpaired) electrons. The van der Waals surface area contributed by atoms with Crippen molar-refractivity contribution in [3.63, 3.8) is 0 Å². The van der Waals surface area contributed by atoms with Crippen LogP contribution in [0, 0.1) is 17.8 Å². The Labute approximate surface area is 160 Å². The number of carbonyl (C=O) groups excluding carboxylic acids is 1. The second-order valence-corrected chi connectivity index (χ2v) is 7.68. The van der Waals surface area contributed by atoms with E-state index in [0.717, 1.165) is 18.4 Å². The molecule has 0 aliphatic heterocycles. The van der Waals surface area contributed by atoms with Gasteiger partial charge in [0.15, 0.2) is 0 Å². The first kappa shape index (κ1) is 19.8. The van der Waals surface area contributed by atoms with Gasteiger partial charge in [0.25, 0.3) is 0 Å². The predicted molar refractivity (Wildman–Crippen MR) is 102 cm³/mol. The number of hydrogen-bond acceptors (Lipinski definition) is 4. The highest BCUT2D eigenvalue weighted by Crippen LogP contribution is 2.59. The number of carboxylic acids is 1. The van der Waals surface area contributed by atoms with Crippen LogP contribution < -0.4 is 10.6 Å². The van der Waals surface area contributed by atoms with Gasteiger partial charge < -0.3 is 20.5 Å². The van der Waals surface area contributed by atoms with Crippen LogP contribution >= 0.6 is 0 Å². The van der Waals surface area contributed by atoms with Crippen LogP contribution in [0.3, 0.4) is 0 Å². The summed E-state index contributed by atoms with van der Waals surface area (Å²) in [5, 5.41) is 16.2. The standard InChI is InChI=1S/C21H30N2O4/c1-4-14(5-2)27-20-16-15(17(16)21(25)26)18(19(20)23-12(3)24)22-11-13-9-7-6-8-10-13/h6-10,14-20,22H,4-5,11H2,1-3H3,(H,23,24)(H,25,26)/t15?,16?,17-,18+,19+,20+/m0/s1. The van der Waals surface area contributed by atoms with E-state index in [1.807, 2.05) is 30.3 Å². The number of hydrogen-bond donors (Lipinski definition) is 3. The summed E-state index contributed by atoms with van der Waals surface area (Å²) < 4.78 is 6.32. The second-order valence-electron chi connectivity index (χ2n) is 7.68. The number of aliphatic carboxylic acids is 1. The molecule has 0 saturated heterocycles. The zero-order chi connectivity index (χ0) is 19.6. The van der Waals surface area contributed by atoms with Crippen LogP contribution in [0.25, 0.3) is 0 Å². The van der Waals surface area contributed by atoms with E-state index in [2.05, 4.69) is 24.5 Å². The van der Waals surface area contributed by atoms with Crippen molar-refractivity contribution in [3.05, 3.63) is 35.9 Å². The van der Waals surface area contributed by atoms with Gasteiger partial charge in [-0.15, -0.1) is 0 Å². The first-order valence-corrected chi connectivity index (χ1v) is 9.90. The summed E-state index contributed by atoms with van der Waals surface area (Å²) in [5.74, 6) is -1.34. The van der Waals surface area contributed by atoms with E-state index in [1.54, 1.807) is 0 Å². The van der Waals surface area contributed by atoms with Crippen molar-refractivity contribution >= 4 is 11.9 Å². The van der Waals surface area contributed by atoms with E-state index in [4.69, 9.17) is 4.74 Å². The quantitative estimate of drug-likeness (QED) is 0.617. The Kier molecular flexibility index (Phi) is 6.17. The fourth-order valence-electron chi connectivity index (χ4n) is 4.64. The Morgan fingerprint density at radius 3 is 2.33 bits per heavy atom. The van der Waals surface area contributed by atoms with Gasteiger partial charge in [-0.1, -0.05) is 44.2 Å². The molecule has 3 N–H and O–H groups in total. The molecule has 2 saturated carbocycles. The maximum Gasteiger partial charge on any atom is 0.307 e. The van der Waals surface area contributed by atoms with Crippen LogP contribution in [0.5, 0.6) is 0 Å². The average molecular weight is 374 g/mol. The summed E-state index contributed by atoms with van der Waals surface area (Å²) in [4.78, 5) is 23.5. The molecule has 1 aromatic carbocycles. The van der Waals surface area contributed by atoms with Crippen molar-refractivity contribution in [1.29, 1.82) is 0 Å². The van der Waals surface area contributed by atoms with Crippen molar-refractivity contribution in [1.82, 2.24) is 10.6 Å². The van der Waals surface area contributed by atoms with E-state index in [-0.39, 0.29) is 42.0 Å².